The summed E-state index contributed by atoms with van der Waals surface area (Å²) in [5.41, 5.74) is 6.53. The molecule has 7 nitrogen and oxygen atoms in total. The number of anilines is 1. The van der Waals surface area contributed by atoms with Crippen molar-refractivity contribution in [1.82, 2.24) is 14.1 Å². The van der Waals surface area contributed by atoms with E-state index in [2.05, 4.69) is 4.98 Å². The van der Waals surface area contributed by atoms with E-state index < -0.39 is 17.0 Å². The molecule has 0 aliphatic heterocycles. The summed E-state index contributed by atoms with van der Waals surface area (Å²) in [6, 6.07) is 9.75. The first kappa shape index (κ1) is 20.1. The topological polar surface area (TPSA) is 100.0 Å². The number of carbonyl (C=O) groups is 1. The highest BCUT2D eigenvalue weighted by molar-refractivity contribution is 8.01. The van der Waals surface area contributed by atoms with Crippen LogP contribution in [0.1, 0.15) is 23.7 Å². The number of hydrogen-bond donors (Lipinski definition) is 1. The average Bonchev–Trinajstić information content (AvgIpc) is 3.18. The molecule has 0 radical (unpaired) electrons. The lowest BCUT2D eigenvalue weighted by Crippen LogP contribution is -2.42. The van der Waals surface area contributed by atoms with Crippen molar-refractivity contribution in [2.75, 3.05) is 11.5 Å². The molecule has 0 unspecified atom stereocenters. The van der Waals surface area contributed by atoms with E-state index in [0.717, 1.165) is 20.2 Å². The van der Waals surface area contributed by atoms with Crippen molar-refractivity contribution >= 4 is 34.7 Å². The molecule has 3 aromatic rings. The van der Waals surface area contributed by atoms with Gasteiger partial charge in [0.2, 0.25) is 0 Å². The quantitative estimate of drug-likeness (QED) is 0.469. The van der Waals surface area contributed by atoms with Gasteiger partial charge < -0.3 is 5.73 Å². The predicted octanol–water partition coefficient (Wildman–Crippen LogP) is 2.64. The van der Waals surface area contributed by atoms with E-state index in [1.54, 1.807) is 0 Å². The molecule has 9 heteroatoms. The van der Waals surface area contributed by atoms with Crippen molar-refractivity contribution in [3.63, 3.8) is 0 Å². The van der Waals surface area contributed by atoms with Gasteiger partial charge in [0, 0.05) is 24.5 Å². The molecule has 0 amide bonds. The Morgan fingerprint density at radius 2 is 1.96 bits per heavy atom. The third-order valence-corrected chi connectivity index (χ3v) is 6.21. The number of nitrogens with zero attached hydrogens (tertiary/aromatic N) is 3. The Bertz CT molecular complexity index is 1120. The molecule has 2 heterocycles. The number of thiazole rings is 1. The SMILES string of the molecule is CCCn1c(N)c(C(=O)CSc2nc(-c3ccccc3)cs2)c(=O)n(C)c1=O. The molecule has 0 spiro atoms. The Balaban J connectivity index is 1.82. The normalized spacial score (nSPS) is 10.9. The van der Waals surface area contributed by atoms with Crippen molar-refractivity contribution in [1.29, 1.82) is 0 Å². The third-order valence-electron chi connectivity index (χ3n) is 4.19. The fraction of sp³-hybridized carbons (Fsp3) is 0.263. The Morgan fingerprint density at radius 1 is 1.25 bits per heavy atom. The predicted molar refractivity (Wildman–Crippen MR) is 113 cm³/mol. The Kier molecular flexibility index (Phi) is 6.15. The number of thioether (sulfide) groups is 1. The lowest BCUT2D eigenvalue weighted by atomic mass is 10.2. The molecule has 0 aliphatic carbocycles. The minimum absolute atomic E-state index is 0.0194. The second-order valence-electron chi connectivity index (χ2n) is 6.14. The molecule has 0 bridgehead atoms. The second-order valence-corrected chi connectivity index (χ2v) is 8.22. The zero-order chi connectivity index (χ0) is 20.3. The molecule has 2 aromatic heterocycles. The van der Waals surface area contributed by atoms with Gasteiger partial charge in [-0.1, -0.05) is 49.0 Å². The molecule has 28 heavy (non-hydrogen) atoms. The van der Waals surface area contributed by atoms with Crippen LogP contribution in [-0.4, -0.2) is 25.7 Å². The van der Waals surface area contributed by atoms with Crippen molar-refractivity contribution in [2.24, 2.45) is 7.05 Å². The lowest BCUT2D eigenvalue weighted by molar-refractivity contribution is 0.102. The number of carbonyl (C=O) groups excluding carboxylic acids is 1. The first-order chi connectivity index (χ1) is 13.4. The number of nitrogen functional groups attached to an aromatic ring is 1. The van der Waals surface area contributed by atoms with Gasteiger partial charge in [0.15, 0.2) is 10.1 Å². The standard InChI is InChI=1S/C19H20N4O3S2/c1-3-9-23-16(20)15(17(25)22(2)19(23)26)14(24)11-28-18-21-13(10-27-18)12-7-5-4-6-8-12/h4-8,10H,3,9,11,20H2,1-2H3. The number of aromatic nitrogens is 3. The van der Waals surface area contributed by atoms with E-state index in [0.29, 0.717) is 13.0 Å². The lowest BCUT2D eigenvalue weighted by Gasteiger charge is -2.13. The number of Topliss-reactive ketones (excluding diaryl/α,β-unsaturated/α-hetero) is 1. The fourth-order valence-electron chi connectivity index (χ4n) is 2.75. The summed E-state index contributed by atoms with van der Waals surface area (Å²) in [5.74, 6) is -0.458. The zero-order valence-electron chi connectivity index (χ0n) is 15.5. The maximum Gasteiger partial charge on any atom is 0.332 e. The van der Waals surface area contributed by atoms with Crippen LogP contribution in [0.25, 0.3) is 11.3 Å². The zero-order valence-corrected chi connectivity index (χ0v) is 17.2. The maximum absolute atomic E-state index is 12.7. The number of benzene rings is 1. The van der Waals surface area contributed by atoms with Gasteiger partial charge in [0.25, 0.3) is 5.56 Å². The van der Waals surface area contributed by atoms with Gasteiger partial charge in [-0.3, -0.25) is 18.7 Å². The third kappa shape index (κ3) is 3.95. The molecule has 146 valence electrons. The summed E-state index contributed by atoms with van der Waals surface area (Å²) in [6.07, 6.45) is 0.659. The molecule has 0 saturated heterocycles. The number of ketones is 1. The average molecular weight is 417 g/mol. The molecule has 0 saturated carbocycles. The van der Waals surface area contributed by atoms with Gasteiger partial charge in [-0.25, -0.2) is 9.78 Å². The number of nitrogens with two attached hydrogens (primary N) is 1. The monoisotopic (exact) mass is 416 g/mol. The second kappa shape index (κ2) is 8.57. The van der Waals surface area contributed by atoms with Gasteiger partial charge in [0.1, 0.15) is 11.4 Å². The Morgan fingerprint density at radius 3 is 2.64 bits per heavy atom. The highest BCUT2D eigenvalue weighted by atomic mass is 32.2. The van der Waals surface area contributed by atoms with Crippen LogP contribution >= 0.6 is 23.1 Å². The van der Waals surface area contributed by atoms with E-state index >= 15 is 0 Å². The van der Waals surface area contributed by atoms with Gasteiger partial charge in [-0.05, 0) is 6.42 Å². The number of hydrogen-bond acceptors (Lipinski definition) is 7. The number of rotatable bonds is 7. The highest BCUT2D eigenvalue weighted by Crippen LogP contribution is 2.28. The maximum atomic E-state index is 12.7. The molecule has 0 atom stereocenters. The largest absolute Gasteiger partial charge is 0.384 e. The molecular weight excluding hydrogens is 396 g/mol. The summed E-state index contributed by atoms with van der Waals surface area (Å²) >= 11 is 2.69. The van der Waals surface area contributed by atoms with E-state index in [4.69, 9.17) is 5.73 Å². The highest BCUT2D eigenvalue weighted by Gasteiger charge is 2.21. The first-order valence-corrected chi connectivity index (χ1v) is 10.6. The van der Waals surface area contributed by atoms with Gasteiger partial charge >= 0.3 is 5.69 Å². The van der Waals surface area contributed by atoms with Crippen LogP contribution in [0.2, 0.25) is 0 Å². The van der Waals surface area contributed by atoms with Gasteiger partial charge in [0.05, 0.1) is 11.4 Å². The molecule has 1 aromatic carbocycles. The summed E-state index contributed by atoms with van der Waals surface area (Å²) < 4.78 is 2.93. The Labute approximate surface area is 169 Å². The molecular formula is C19H20N4O3S2. The smallest absolute Gasteiger partial charge is 0.332 e. The van der Waals surface area contributed by atoms with Crippen molar-refractivity contribution < 1.29 is 4.79 Å². The molecule has 0 fully saturated rings. The molecule has 0 aliphatic rings. The van der Waals surface area contributed by atoms with Crippen LogP contribution in [-0.2, 0) is 13.6 Å². The Hall–Kier alpha value is -2.65. The van der Waals surface area contributed by atoms with Gasteiger partial charge in [-0.15, -0.1) is 11.3 Å². The van der Waals surface area contributed by atoms with Crippen molar-refractivity contribution in [3.05, 3.63) is 62.1 Å². The van der Waals surface area contributed by atoms with Crippen LogP contribution in [0.15, 0.2) is 49.6 Å². The summed E-state index contributed by atoms with van der Waals surface area (Å²) in [7, 11) is 1.35. The summed E-state index contributed by atoms with van der Waals surface area (Å²) in [5, 5.41) is 1.93. The fourth-order valence-corrected chi connectivity index (χ4v) is 4.46. The first-order valence-electron chi connectivity index (χ1n) is 8.70. The van der Waals surface area contributed by atoms with Crippen LogP contribution in [0.3, 0.4) is 0 Å². The van der Waals surface area contributed by atoms with Gasteiger partial charge in [-0.2, -0.15) is 0 Å². The van der Waals surface area contributed by atoms with Crippen molar-refractivity contribution in [3.8, 4) is 11.3 Å². The van der Waals surface area contributed by atoms with E-state index in [1.165, 1.54) is 34.7 Å². The summed E-state index contributed by atoms with van der Waals surface area (Å²) in [6.45, 7) is 2.24. The minimum atomic E-state index is -0.662. The van der Waals surface area contributed by atoms with Crippen LogP contribution in [0, 0.1) is 0 Å². The van der Waals surface area contributed by atoms with E-state index in [9.17, 15) is 14.4 Å². The minimum Gasteiger partial charge on any atom is -0.384 e. The van der Waals surface area contributed by atoms with Crippen LogP contribution in [0.5, 0.6) is 0 Å². The van der Waals surface area contributed by atoms with E-state index in [1.807, 2.05) is 42.6 Å². The summed E-state index contributed by atoms with van der Waals surface area (Å²) in [4.78, 5) is 41.9. The molecule has 2 N–H and O–H groups in total. The van der Waals surface area contributed by atoms with Crippen molar-refractivity contribution in [2.45, 2.75) is 24.2 Å². The molecule has 3 rings (SSSR count). The van der Waals surface area contributed by atoms with Crippen LogP contribution < -0.4 is 17.0 Å². The van der Waals surface area contributed by atoms with Crippen LogP contribution in [0.4, 0.5) is 5.82 Å². The van der Waals surface area contributed by atoms with E-state index in [-0.39, 0.29) is 17.1 Å².